The van der Waals surface area contributed by atoms with Crippen molar-refractivity contribution < 1.29 is 4.79 Å². The number of nitrogens with zero attached hydrogens (tertiary/aromatic N) is 3. The van der Waals surface area contributed by atoms with E-state index in [9.17, 15) is 4.79 Å². The van der Waals surface area contributed by atoms with Crippen LogP contribution in [0, 0.1) is 16.7 Å². The van der Waals surface area contributed by atoms with E-state index in [4.69, 9.17) is 5.26 Å². The molecule has 4 rings (SSSR count). The van der Waals surface area contributed by atoms with Gasteiger partial charge in [0.25, 0.3) is 0 Å². The van der Waals surface area contributed by atoms with Gasteiger partial charge < -0.3 is 4.90 Å². The number of hydrogen-bond donors (Lipinski definition) is 0. The molecule has 3 heterocycles. The average molecular weight is 386 g/mol. The Morgan fingerprint density at radius 3 is 2.85 bits per heavy atom. The Balaban J connectivity index is 1.34. The average Bonchev–Trinajstić information content (AvgIpc) is 3.01. The van der Waals surface area contributed by atoms with Gasteiger partial charge in [0.15, 0.2) is 0 Å². The SMILES string of the molecule is CC(=O)N(Cc1ccsc1)[C@H]1CC12CCN(Cc1cc(C#N)cs1)CC2. The molecule has 0 N–H and O–H groups in total. The largest absolute Gasteiger partial charge is 0.335 e. The van der Waals surface area contributed by atoms with Crippen LogP contribution in [0.3, 0.4) is 0 Å². The molecule has 2 aromatic heterocycles. The van der Waals surface area contributed by atoms with Crippen LogP contribution in [0.1, 0.15) is 42.2 Å². The first-order chi connectivity index (χ1) is 12.6. The highest BCUT2D eigenvalue weighted by Gasteiger charge is 2.58. The fourth-order valence-electron chi connectivity index (χ4n) is 4.22. The van der Waals surface area contributed by atoms with Gasteiger partial charge in [0, 0.05) is 36.3 Å². The van der Waals surface area contributed by atoms with Crippen LogP contribution in [0.4, 0.5) is 0 Å². The molecule has 0 bridgehead atoms. The summed E-state index contributed by atoms with van der Waals surface area (Å²) in [5.74, 6) is 0.197. The van der Waals surface area contributed by atoms with E-state index in [1.807, 2.05) is 11.4 Å². The molecule has 2 aromatic rings. The molecule has 0 aromatic carbocycles. The fourth-order valence-corrected chi connectivity index (χ4v) is 5.73. The molecule has 136 valence electrons. The van der Waals surface area contributed by atoms with Crippen molar-refractivity contribution in [1.29, 1.82) is 5.26 Å². The van der Waals surface area contributed by atoms with E-state index in [2.05, 4.69) is 32.7 Å². The molecule has 4 nitrogen and oxygen atoms in total. The molecular formula is C20H23N3OS2. The quantitative estimate of drug-likeness (QED) is 0.779. The van der Waals surface area contributed by atoms with Crippen molar-refractivity contribution in [2.75, 3.05) is 13.1 Å². The molecule has 1 amide bonds. The molecule has 0 unspecified atom stereocenters. The van der Waals surface area contributed by atoms with Gasteiger partial charge >= 0.3 is 0 Å². The smallest absolute Gasteiger partial charge is 0.220 e. The third-order valence-electron chi connectivity index (χ3n) is 5.87. The van der Waals surface area contributed by atoms with Crippen molar-refractivity contribution >= 4 is 28.6 Å². The summed E-state index contributed by atoms with van der Waals surface area (Å²) in [6, 6.07) is 6.75. The molecule has 1 saturated heterocycles. The number of amides is 1. The van der Waals surface area contributed by atoms with E-state index in [-0.39, 0.29) is 5.91 Å². The predicted octanol–water partition coefficient (Wildman–Crippen LogP) is 4.08. The van der Waals surface area contributed by atoms with Gasteiger partial charge in [0.2, 0.25) is 5.91 Å². The molecule has 1 spiro atoms. The number of carbonyl (C=O) groups is 1. The van der Waals surface area contributed by atoms with Crippen molar-refractivity contribution in [3.8, 4) is 6.07 Å². The Morgan fingerprint density at radius 2 is 2.23 bits per heavy atom. The first-order valence-electron chi connectivity index (χ1n) is 9.08. The summed E-state index contributed by atoms with van der Waals surface area (Å²) in [6.07, 6.45) is 3.49. The van der Waals surface area contributed by atoms with E-state index < -0.39 is 0 Å². The van der Waals surface area contributed by atoms with Crippen molar-refractivity contribution in [3.05, 3.63) is 44.3 Å². The maximum atomic E-state index is 12.2. The Morgan fingerprint density at radius 1 is 1.42 bits per heavy atom. The zero-order valence-electron chi connectivity index (χ0n) is 15.0. The molecule has 26 heavy (non-hydrogen) atoms. The zero-order valence-corrected chi connectivity index (χ0v) is 16.6. The summed E-state index contributed by atoms with van der Waals surface area (Å²) >= 11 is 3.37. The van der Waals surface area contributed by atoms with Crippen LogP contribution in [-0.4, -0.2) is 34.8 Å². The predicted molar refractivity (Wildman–Crippen MR) is 105 cm³/mol. The number of hydrogen-bond acceptors (Lipinski definition) is 5. The van der Waals surface area contributed by atoms with Gasteiger partial charge in [0.1, 0.15) is 6.07 Å². The zero-order chi connectivity index (χ0) is 18.1. The highest BCUT2D eigenvalue weighted by molar-refractivity contribution is 7.10. The number of nitriles is 1. The lowest BCUT2D eigenvalue weighted by Crippen LogP contribution is -2.39. The summed E-state index contributed by atoms with van der Waals surface area (Å²) < 4.78 is 0. The lowest BCUT2D eigenvalue weighted by atomic mass is 9.92. The monoisotopic (exact) mass is 385 g/mol. The van der Waals surface area contributed by atoms with E-state index in [0.717, 1.165) is 38.2 Å². The van der Waals surface area contributed by atoms with Gasteiger partial charge in [-0.2, -0.15) is 16.6 Å². The topological polar surface area (TPSA) is 47.3 Å². The third-order valence-corrected chi connectivity index (χ3v) is 7.53. The van der Waals surface area contributed by atoms with E-state index in [1.165, 1.54) is 23.3 Å². The van der Waals surface area contributed by atoms with Crippen LogP contribution >= 0.6 is 22.7 Å². The fraction of sp³-hybridized carbons (Fsp3) is 0.500. The molecule has 1 aliphatic heterocycles. The Bertz CT molecular complexity index is 812. The van der Waals surface area contributed by atoms with Crippen LogP contribution in [0.2, 0.25) is 0 Å². The van der Waals surface area contributed by atoms with Gasteiger partial charge in [0.05, 0.1) is 5.56 Å². The van der Waals surface area contributed by atoms with Gasteiger partial charge in [-0.15, -0.1) is 11.3 Å². The standard InChI is InChI=1S/C20H23N3OS2/c1-15(24)23(11-16-2-7-25-13-16)19-9-20(19)3-5-22(6-4-20)12-18-8-17(10-21)14-26-18/h2,7-8,13-14,19H,3-6,9,11-12H2,1H3/t19-/m0/s1. The minimum Gasteiger partial charge on any atom is -0.335 e. The number of rotatable bonds is 5. The van der Waals surface area contributed by atoms with Crippen LogP contribution in [0.15, 0.2) is 28.3 Å². The highest BCUT2D eigenvalue weighted by atomic mass is 32.1. The minimum atomic E-state index is 0.197. The first kappa shape index (κ1) is 17.7. The Labute approximate surface area is 162 Å². The molecule has 1 saturated carbocycles. The highest BCUT2D eigenvalue weighted by Crippen LogP contribution is 2.57. The second-order valence-corrected chi connectivity index (χ2v) is 9.33. The molecule has 2 aliphatic rings. The summed E-state index contributed by atoms with van der Waals surface area (Å²) in [4.78, 5) is 18.1. The van der Waals surface area contributed by atoms with Crippen molar-refractivity contribution in [2.24, 2.45) is 5.41 Å². The number of carbonyl (C=O) groups excluding carboxylic acids is 1. The summed E-state index contributed by atoms with van der Waals surface area (Å²) in [6.45, 7) is 5.57. The van der Waals surface area contributed by atoms with Gasteiger partial charge in [-0.25, -0.2) is 0 Å². The Hall–Kier alpha value is -1.68. The summed E-state index contributed by atoms with van der Waals surface area (Å²) in [5, 5.41) is 15.1. The number of piperidine rings is 1. The van der Waals surface area contributed by atoms with Crippen LogP contribution < -0.4 is 0 Å². The van der Waals surface area contributed by atoms with Crippen molar-refractivity contribution in [2.45, 2.75) is 45.3 Å². The minimum absolute atomic E-state index is 0.197. The number of likely N-dealkylation sites (tertiary alicyclic amines) is 1. The molecule has 6 heteroatoms. The number of thiophene rings is 2. The second kappa shape index (κ2) is 7.15. The maximum absolute atomic E-state index is 12.2. The van der Waals surface area contributed by atoms with E-state index in [0.29, 0.717) is 11.5 Å². The van der Waals surface area contributed by atoms with Crippen molar-refractivity contribution in [1.82, 2.24) is 9.80 Å². The first-order valence-corrected chi connectivity index (χ1v) is 10.9. The maximum Gasteiger partial charge on any atom is 0.220 e. The van der Waals surface area contributed by atoms with Crippen molar-refractivity contribution in [3.63, 3.8) is 0 Å². The molecular weight excluding hydrogens is 362 g/mol. The van der Waals surface area contributed by atoms with Gasteiger partial charge in [-0.3, -0.25) is 9.69 Å². The van der Waals surface area contributed by atoms with Gasteiger partial charge in [-0.05, 0) is 66.2 Å². The summed E-state index contributed by atoms with van der Waals surface area (Å²) in [7, 11) is 0. The molecule has 1 aliphatic carbocycles. The van der Waals surface area contributed by atoms with Crippen LogP contribution in [0.5, 0.6) is 0 Å². The Kier molecular flexibility index (Phi) is 4.87. The lowest BCUT2D eigenvalue weighted by Gasteiger charge is -2.34. The molecule has 2 fully saturated rings. The lowest BCUT2D eigenvalue weighted by molar-refractivity contribution is -0.130. The van der Waals surface area contributed by atoms with Gasteiger partial charge in [-0.1, -0.05) is 0 Å². The second-order valence-electron chi connectivity index (χ2n) is 7.55. The third kappa shape index (κ3) is 3.57. The van der Waals surface area contributed by atoms with E-state index in [1.54, 1.807) is 29.6 Å². The molecule has 0 radical (unpaired) electrons. The van der Waals surface area contributed by atoms with E-state index >= 15 is 0 Å². The normalized spacial score (nSPS) is 21.5. The summed E-state index contributed by atoms with van der Waals surface area (Å²) in [5.41, 5.74) is 2.35. The van der Waals surface area contributed by atoms with Crippen LogP contribution in [0.25, 0.3) is 0 Å². The van der Waals surface area contributed by atoms with Crippen LogP contribution in [-0.2, 0) is 17.9 Å². The molecule has 1 atom stereocenters.